The molecule has 1 unspecified atom stereocenters. The highest BCUT2D eigenvalue weighted by Crippen LogP contribution is 2.14. The Balaban J connectivity index is 3.19. The van der Waals surface area contributed by atoms with Crippen molar-refractivity contribution in [3.63, 3.8) is 0 Å². The van der Waals surface area contributed by atoms with E-state index < -0.39 is 16.2 Å². The predicted octanol–water partition coefficient (Wildman–Crippen LogP) is 2.08. The van der Waals surface area contributed by atoms with Crippen LogP contribution in [0.25, 0.3) is 0 Å². The van der Waals surface area contributed by atoms with Crippen LogP contribution < -0.4 is 5.56 Å². The van der Waals surface area contributed by atoms with Crippen molar-refractivity contribution in [2.75, 3.05) is 5.75 Å². The van der Waals surface area contributed by atoms with Crippen LogP contribution in [0.3, 0.4) is 0 Å². The maximum atomic E-state index is 11.7. The zero-order valence-corrected chi connectivity index (χ0v) is 11.1. The zero-order valence-electron chi connectivity index (χ0n) is 8.59. The number of hydrogen-bond acceptors (Lipinski definition) is 4. The van der Waals surface area contributed by atoms with Gasteiger partial charge in [-0.05, 0) is 27.6 Å². The van der Waals surface area contributed by atoms with E-state index in [4.69, 9.17) is 0 Å². The number of hydrogen-bond donors (Lipinski definition) is 1. The lowest BCUT2D eigenvalue weighted by Crippen LogP contribution is -2.25. The Morgan fingerprint density at radius 1 is 1.69 bits per heavy atom. The summed E-state index contributed by atoms with van der Waals surface area (Å²) >= 11 is 7.26. The summed E-state index contributed by atoms with van der Waals surface area (Å²) in [6.45, 7) is 2.34. The molecule has 0 bridgehead atoms. The summed E-state index contributed by atoms with van der Waals surface area (Å²) in [5, 5.41) is 10.6. The molecule has 88 valence electrons. The van der Waals surface area contributed by atoms with E-state index in [1.54, 1.807) is 6.20 Å². The molecule has 0 aliphatic carbocycles. The minimum atomic E-state index is -0.672. The maximum absolute atomic E-state index is 11.7. The average molecular weight is 307 g/mol. The molecular formula is C9H11BrN2O3S. The summed E-state index contributed by atoms with van der Waals surface area (Å²) in [5.74, 6) is 0.794. The van der Waals surface area contributed by atoms with Crippen LogP contribution in [0.5, 0.6) is 0 Å². The van der Waals surface area contributed by atoms with E-state index in [1.165, 1.54) is 10.6 Å². The highest BCUT2D eigenvalue weighted by atomic mass is 79.9. The van der Waals surface area contributed by atoms with Crippen LogP contribution >= 0.6 is 28.6 Å². The zero-order chi connectivity index (χ0) is 12.3. The Morgan fingerprint density at radius 2 is 2.31 bits per heavy atom. The van der Waals surface area contributed by atoms with E-state index >= 15 is 0 Å². The average Bonchev–Trinajstić information content (AvgIpc) is 2.22. The number of pyridine rings is 1. The van der Waals surface area contributed by atoms with Crippen LogP contribution in [0.4, 0.5) is 5.69 Å². The lowest BCUT2D eigenvalue weighted by Gasteiger charge is -2.10. The fourth-order valence-corrected chi connectivity index (χ4v) is 1.82. The first-order valence-corrected chi connectivity index (χ1v) is 6.03. The lowest BCUT2D eigenvalue weighted by atomic mass is 10.2. The van der Waals surface area contributed by atoms with E-state index in [-0.39, 0.29) is 5.92 Å². The van der Waals surface area contributed by atoms with Crippen molar-refractivity contribution in [3.8, 4) is 0 Å². The number of nitro groups is 1. The summed E-state index contributed by atoms with van der Waals surface area (Å²) in [6, 6.07) is 1.21. The van der Waals surface area contributed by atoms with Crippen LogP contribution in [0.15, 0.2) is 21.5 Å². The molecule has 7 heteroatoms. The van der Waals surface area contributed by atoms with Gasteiger partial charge in [0.15, 0.2) is 0 Å². The van der Waals surface area contributed by atoms with Gasteiger partial charge in [-0.25, -0.2) is 0 Å². The molecular weight excluding hydrogens is 296 g/mol. The molecule has 1 atom stereocenters. The van der Waals surface area contributed by atoms with Crippen LogP contribution in [-0.4, -0.2) is 15.2 Å². The molecule has 1 heterocycles. The molecule has 0 radical (unpaired) electrons. The number of rotatable bonds is 4. The van der Waals surface area contributed by atoms with Crippen molar-refractivity contribution in [1.29, 1.82) is 0 Å². The molecule has 0 aromatic carbocycles. The summed E-state index contributed by atoms with van der Waals surface area (Å²) in [4.78, 5) is 21.7. The summed E-state index contributed by atoms with van der Waals surface area (Å²) in [5.41, 5.74) is -0.998. The Labute approximate surface area is 106 Å². The standard InChI is InChI=1S/C9H11BrN2O3S/c1-6(5-16)3-11-4-7(10)2-8(9(11)13)12(14)15/h2,4,6,16H,3,5H2,1H3. The van der Waals surface area contributed by atoms with Crippen molar-refractivity contribution < 1.29 is 4.92 Å². The molecule has 0 amide bonds. The molecule has 0 saturated carbocycles. The van der Waals surface area contributed by atoms with E-state index in [1.807, 2.05) is 6.92 Å². The van der Waals surface area contributed by atoms with Gasteiger partial charge in [0.05, 0.1) is 4.92 Å². The molecule has 1 aromatic heterocycles. The Kier molecular flexibility index (Phi) is 4.55. The SMILES string of the molecule is CC(CS)Cn1cc(Br)cc([N+](=O)[O-])c1=O. The molecule has 0 spiro atoms. The normalized spacial score (nSPS) is 12.4. The topological polar surface area (TPSA) is 65.1 Å². The smallest absolute Gasteiger partial charge is 0.308 e. The fraction of sp³-hybridized carbons (Fsp3) is 0.444. The van der Waals surface area contributed by atoms with Gasteiger partial charge < -0.3 is 4.57 Å². The van der Waals surface area contributed by atoms with Gasteiger partial charge in [-0.15, -0.1) is 0 Å². The van der Waals surface area contributed by atoms with E-state index in [2.05, 4.69) is 28.6 Å². The summed E-state index contributed by atoms with van der Waals surface area (Å²) in [7, 11) is 0. The predicted molar refractivity (Wildman–Crippen MR) is 68.1 cm³/mol. The number of nitrogens with zero attached hydrogens (tertiary/aromatic N) is 2. The van der Waals surface area contributed by atoms with Gasteiger partial charge in [0.2, 0.25) is 0 Å². The molecule has 0 aliphatic rings. The first-order chi connectivity index (χ1) is 7.45. The van der Waals surface area contributed by atoms with Gasteiger partial charge in [-0.3, -0.25) is 14.9 Å². The Morgan fingerprint density at radius 3 is 2.81 bits per heavy atom. The van der Waals surface area contributed by atoms with Gasteiger partial charge in [0, 0.05) is 23.3 Å². The third-order valence-corrected chi connectivity index (χ3v) is 3.11. The number of thiol groups is 1. The van der Waals surface area contributed by atoms with Crippen LogP contribution in [-0.2, 0) is 6.54 Å². The van der Waals surface area contributed by atoms with Crippen molar-refractivity contribution >= 4 is 34.2 Å². The third kappa shape index (κ3) is 3.08. The molecule has 0 aliphatic heterocycles. The monoisotopic (exact) mass is 306 g/mol. The van der Waals surface area contributed by atoms with Crippen LogP contribution in [0, 0.1) is 16.0 Å². The van der Waals surface area contributed by atoms with Gasteiger partial charge in [0.25, 0.3) is 0 Å². The molecule has 1 aromatic rings. The number of halogens is 1. The van der Waals surface area contributed by atoms with Crippen LogP contribution in [0.2, 0.25) is 0 Å². The van der Waals surface area contributed by atoms with E-state index in [0.29, 0.717) is 16.8 Å². The van der Waals surface area contributed by atoms with Crippen molar-refractivity contribution in [3.05, 3.63) is 37.2 Å². The van der Waals surface area contributed by atoms with Gasteiger partial charge in [-0.2, -0.15) is 12.6 Å². The van der Waals surface area contributed by atoms with Crippen molar-refractivity contribution in [1.82, 2.24) is 4.57 Å². The first-order valence-electron chi connectivity index (χ1n) is 4.61. The molecule has 0 N–H and O–H groups in total. The maximum Gasteiger partial charge on any atom is 0.335 e. The third-order valence-electron chi connectivity index (χ3n) is 2.05. The Hall–Kier alpha value is -0.820. The Bertz CT molecular complexity index is 461. The van der Waals surface area contributed by atoms with Gasteiger partial charge in [-0.1, -0.05) is 6.92 Å². The largest absolute Gasteiger partial charge is 0.335 e. The van der Waals surface area contributed by atoms with E-state index in [0.717, 1.165) is 0 Å². The summed E-state index contributed by atoms with van der Waals surface area (Å²) in [6.07, 6.45) is 1.55. The lowest BCUT2D eigenvalue weighted by molar-refractivity contribution is -0.386. The second-order valence-corrected chi connectivity index (χ2v) is 4.83. The quantitative estimate of drug-likeness (QED) is 0.526. The van der Waals surface area contributed by atoms with Crippen LogP contribution in [0.1, 0.15) is 6.92 Å². The second kappa shape index (κ2) is 5.49. The van der Waals surface area contributed by atoms with Gasteiger partial charge in [0.1, 0.15) is 0 Å². The molecule has 0 fully saturated rings. The first kappa shape index (κ1) is 13.2. The number of aromatic nitrogens is 1. The van der Waals surface area contributed by atoms with E-state index in [9.17, 15) is 14.9 Å². The minimum Gasteiger partial charge on any atom is -0.308 e. The highest BCUT2D eigenvalue weighted by Gasteiger charge is 2.16. The summed E-state index contributed by atoms with van der Waals surface area (Å²) < 4.78 is 1.86. The van der Waals surface area contributed by atoms with Crippen molar-refractivity contribution in [2.24, 2.45) is 5.92 Å². The fourth-order valence-electron chi connectivity index (χ4n) is 1.24. The minimum absolute atomic E-state index is 0.176. The molecule has 1 rings (SSSR count). The molecule has 16 heavy (non-hydrogen) atoms. The van der Waals surface area contributed by atoms with Crippen molar-refractivity contribution in [2.45, 2.75) is 13.5 Å². The molecule has 0 saturated heterocycles. The highest BCUT2D eigenvalue weighted by molar-refractivity contribution is 9.10. The van der Waals surface area contributed by atoms with Gasteiger partial charge >= 0.3 is 11.2 Å². The molecule has 5 nitrogen and oxygen atoms in total. The second-order valence-electron chi connectivity index (χ2n) is 3.55.